The molecule has 0 fully saturated rings. The van der Waals surface area contributed by atoms with Crippen molar-refractivity contribution in [1.82, 2.24) is 9.78 Å². The molecule has 0 saturated carbocycles. The van der Waals surface area contributed by atoms with Crippen LogP contribution in [-0.4, -0.2) is 16.9 Å². The van der Waals surface area contributed by atoms with Gasteiger partial charge in [-0.2, -0.15) is 5.10 Å². The molecule has 1 aromatic carbocycles. The van der Waals surface area contributed by atoms with Gasteiger partial charge in [0.15, 0.2) is 11.6 Å². The summed E-state index contributed by atoms with van der Waals surface area (Å²) in [7, 11) is 1.44. The first-order chi connectivity index (χ1) is 9.01. The summed E-state index contributed by atoms with van der Waals surface area (Å²) in [6.45, 7) is 4.02. The highest BCUT2D eigenvalue weighted by atomic mass is 79.9. The number of ether oxygens (including phenoxy) is 1. The summed E-state index contributed by atoms with van der Waals surface area (Å²) < 4.78 is 20.9. The Labute approximate surface area is 119 Å². The Morgan fingerprint density at radius 1 is 1.37 bits per heavy atom. The van der Waals surface area contributed by atoms with Crippen LogP contribution in [-0.2, 0) is 0 Å². The van der Waals surface area contributed by atoms with Crippen molar-refractivity contribution in [3.63, 3.8) is 0 Å². The minimum atomic E-state index is -0.388. The zero-order valence-corrected chi connectivity index (χ0v) is 12.5. The van der Waals surface area contributed by atoms with E-state index in [-0.39, 0.29) is 11.6 Å². The smallest absolute Gasteiger partial charge is 0.165 e. The van der Waals surface area contributed by atoms with Crippen LogP contribution in [0.15, 0.2) is 34.4 Å². The lowest BCUT2D eigenvalue weighted by Crippen LogP contribution is -2.00. The highest BCUT2D eigenvalue weighted by Gasteiger charge is 2.09. The second-order valence-corrected chi connectivity index (χ2v) is 5.16. The average molecular weight is 325 g/mol. The Morgan fingerprint density at radius 2 is 2.11 bits per heavy atom. The van der Waals surface area contributed by atoms with Crippen LogP contribution in [0.4, 0.5) is 4.39 Å². The highest BCUT2D eigenvalue weighted by molar-refractivity contribution is 9.10. The molecule has 0 spiro atoms. The SMILES string of the molecule is COc1cc(-n2nc(Br)cc2C=C(C)C)ccc1F. The molecule has 0 radical (unpaired) electrons. The van der Waals surface area contributed by atoms with Gasteiger partial charge in [-0.25, -0.2) is 9.07 Å². The fourth-order valence-corrected chi connectivity index (χ4v) is 2.14. The van der Waals surface area contributed by atoms with Gasteiger partial charge in [-0.1, -0.05) is 5.57 Å². The lowest BCUT2D eigenvalue weighted by Gasteiger charge is -2.08. The molecule has 0 unspecified atom stereocenters. The molecule has 0 saturated heterocycles. The van der Waals surface area contributed by atoms with E-state index in [1.165, 1.54) is 13.2 Å². The third-order valence-electron chi connectivity index (χ3n) is 2.52. The summed E-state index contributed by atoms with van der Waals surface area (Å²) in [5, 5.41) is 4.35. The Balaban J connectivity index is 2.55. The minimum Gasteiger partial charge on any atom is -0.494 e. The molecule has 0 aliphatic heterocycles. The largest absolute Gasteiger partial charge is 0.494 e. The van der Waals surface area contributed by atoms with E-state index in [2.05, 4.69) is 21.0 Å². The van der Waals surface area contributed by atoms with Crippen molar-refractivity contribution in [3.05, 3.63) is 46.0 Å². The zero-order chi connectivity index (χ0) is 14.0. The van der Waals surface area contributed by atoms with Crippen LogP contribution >= 0.6 is 15.9 Å². The summed E-state index contributed by atoms with van der Waals surface area (Å²) >= 11 is 3.35. The molecule has 0 aliphatic rings. The van der Waals surface area contributed by atoms with Gasteiger partial charge in [-0.3, -0.25) is 0 Å². The standard InChI is InChI=1S/C14H14BrFN2O/c1-9(2)6-11-8-14(15)17-18(11)10-4-5-12(16)13(7-10)19-3/h4-8H,1-3H3. The molecular weight excluding hydrogens is 311 g/mol. The first-order valence-electron chi connectivity index (χ1n) is 5.75. The molecule has 5 heteroatoms. The lowest BCUT2D eigenvalue weighted by molar-refractivity contribution is 0.386. The van der Waals surface area contributed by atoms with Gasteiger partial charge in [0.1, 0.15) is 4.60 Å². The van der Waals surface area contributed by atoms with E-state index in [9.17, 15) is 4.39 Å². The topological polar surface area (TPSA) is 27.1 Å². The molecule has 3 nitrogen and oxygen atoms in total. The molecule has 0 N–H and O–H groups in total. The molecule has 2 aromatic rings. The maximum Gasteiger partial charge on any atom is 0.165 e. The Bertz CT molecular complexity index is 630. The van der Waals surface area contributed by atoms with Crippen LogP contribution < -0.4 is 4.74 Å². The third-order valence-corrected chi connectivity index (χ3v) is 2.91. The molecule has 1 aromatic heterocycles. The van der Waals surface area contributed by atoms with Crippen LogP contribution in [0.2, 0.25) is 0 Å². The molecule has 0 atom stereocenters. The number of hydrogen-bond acceptors (Lipinski definition) is 2. The van der Waals surface area contributed by atoms with Gasteiger partial charge in [0, 0.05) is 6.07 Å². The summed E-state index contributed by atoms with van der Waals surface area (Å²) in [6, 6.07) is 6.57. The predicted octanol–water partition coefficient (Wildman–Crippen LogP) is 4.21. The van der Waals surface area contributed by atoms with Crippen LogP contribution in [0.25, 0.3) is 11.8 Å². The number of aromatic nitrogens is 2. The number of halogens is 2. The van der Waals surface area contributed by atoms with Gasteiger partial charge in [-0.15, -0.1) is 0 Å². The summed E-state index contributed by atoms with van der Waals surface area (Å²) in [6.07, 6.45) is 2.01. The zero-order valence-electron chi connectivity index (χ0n) is 10.9. The van der Waals surface area contributed by atoms with Crippen LogP contribution in [0.5, 0.6) is 5.75 Å². The Morgan fingerprint density at radius 3 is 2.74 bits per heavy atom. The van der Waals surface area contributed by atoms with E-state index in [1.54, 1.807) is 16.8 Å². The first kappa shape index (κ1) is 13.8. The van der Waals surface area contributed by atoms with Crippen molar-refractivity contribution in [2.45, 2.75) is 13.8 Å². The van der Waals surface area contributed by atoms with Gasteiger partial charge in [-0.05, 0) is 54.1 Å². The van der Waals surface area contributed by atoms with E-state index >= 15 is 0 Å². The van der Waals surface area contributed by atoms with Crippen molar-refractivity contribution < 1.29 is 9.13 Å². The van der Waals surface area contributed by atoms with E-state index in [1.807, 2.05) is 26.0 Å². The molecule has 19 heavy (non-hydrogen) atoms. The number of nitrogens with zero attached hydrogens (tertiary/aromatic N) is 2. The molecule has 100 valence electrons. The van der Waals surface area contributed by atoms with Gasteiger partial charge in [0.2, 0.25) is 0 Å². The maximum absolute atomic E-state index is 13.4. The minimum absolute atomic E-state index is 0.201. The fourth-order valence-electron chi connectivity index (χ4n) is 1.75. The summed E-state index contributed by atoms with van der Waals surface area (Å²) in [4.78, 5) is 0. The highest BCUT2D eigenvalue weighted by Crippen LogP contribution is 2.24. The number of benzene rings is 1. The van der Waals surface area contributed by atoms with Crippen molar-refractivity contribution in [3.8, 4) is 11.4 Å². The van der Waals surface area contributed by atoms with E-state index in [0.717, 1.165) is 21.6 Å². The molecule has 0 bridgehead atoms. The van der Waals surface area contributed by atoms with E-state index < -0.39 is 0 Å². The normalized spacial score (nSPS) is 10.4. The molecular formula is C14H14BrFN2O. The monoisotopic (exact) mass is 324 g/mol. The van der Waals surface area contributed by atoms with Gasteiger partial charge in [0.25, 0.3) is 0 Å². The molecule has 0 aliphatic carbocycles. The second-order valence-electron chi connectivity index (χ2n) is 4.34. The van der Waals surface area contributed by atoms with Crippen molar-refractivity contribution in [1.29, 1.82) is 0 Å². The predicted molar refractivity (Wildman–Crippen MR) is 77.1 cm³/mol. The second kappa shape index (κ2) is 5.57. The lowest BCUT2D eigenvalue weighted by atomic mass is 10.2. The fraction of sp³-hybridized carbons (Fsp3) is 0.214. The van der Waals surface area contributed by atoms with Crippen LogP contribution in [0, 0.1) is 5.82 Å². The van der Waals surface area contributed by atoms with Gasteiger partial charge < -0.3 is 4.74 Å². The van der Waals surface area contributed by atoms with E-state index in [4.69, 9.17) is 4.74 Å². The Hall–Kier alpha value is -1.62. The average Bonchev–Trinajstić information content (AvgIpc) is 2.70. The number of rotatable bonds is 3. The summed E-state index contributed by atoms with van der Waals surface area (Å²) in [5.41, 5.74) is 2.82. The third kappa shape index (κ3) is 3.04. The molecule has 0 amide bonds. The van der Waals surface area contributed by atoms with Crippen LogP contribution in [0.1, 0.15) is 19.5 Å². The number of hydrogen-bond donors (Lipinski definition) is 0. The van der Waals surface area contributed by atoms with Crippen molar-refractivity contribution >= 4 is 22.0 Å². The van der Waals surface area contributed by atoms with Gasteiger partial charge >= 0.3 is 0 Å². The quantitative estimate of drug-likeness (QED) is 0.845. The first-order valence-corrected chi connectivity index (χ1v) is 6.55. The van der Waals surface area contributed by atoms with Crippen LogP contribution in [0.3, 0.4) is 0 Å². The molecule has 2 rings (SSSR count). The maximum atomic E-state index is 13.4. The van der Waals surface area contributed by atoms with Gasteiger partial charge in [0.05, 0.1) is 18.5 Å². The van der Waals surface area contributed by atoms with Crippen molar-refractivity contribution in [2.24, 2.45) is 0 Å². The van der Waals surface area contributed by atoms with E-state index in [0.29, 0.717) is 0 Å². The Kier molecular flexibility index (Phi) is 4.04. The van der Waals surface area contributed by atoms with Crippen molar-refractivity contribution in [2.75, 3.05) is 7.11 Å². The number of allylic oxidation sites excluding steroid dienone is 1. The molecule has 1 heterocycles. The summed E-state index contributed by atoms with van der Waals surface area (Å²) in [5.74, 6) is -0.187. The number of methoxy groups -OCH3 is 1.